The van der Waals surface area contributed by atoms with Gasteiger partial charge in [0.05, 0.1) is 11.7 Å². The Morgan fingerprint density at radius 3 is 2.76 bits per heavy atom. The van der Waals surface area contributed by atoms with Crippen LogP contribution in [0.25, 0.3) is 0 Å². The topological polar surface area (TPSA) is 55.1 Å². The minimum Gasteiger partial charge on any atom is -0.322 e. The number of anilines is 1. The summed E-state index contributed by atoms with van der Waals surface area (Å²) >= 11 is 5.71. The number of benzene rings is 1. The van der Waals surface area contributed by atoms with Gasteiger partial charge in [-0.15, -0.1) is 0 Å². The van der Waals surface area contributed by atoms with Gasteiger partial charge >= 0.3 is 0 Å². The first-order chi connectivity index (χ1) is 7.90. The van der Waals surface area contributed by atoms with Gasteiger partial charge in [-0.3, -0.25) is 4.79 Å². The standard InChI is InChI=1S/C12H16ClFN2O/c1-7(2)5-10(15)12(17)16-11-6-8(13)3-4-9(11)14/h3-4,6-7,10H,5,15H2,1-2H3,(H,16,17). The number of hydrogen-bond acceptors (Lipinski definition) is 2. The molecule has 0 aromatic heterocycles. The number of halogens is 2. The first kappa shape index (κ1) is 13.9. The summed E-state index contributed by atoms with van der Waals surface area (Å²) in [5.41, 5.74) is 5.74. The van der Waals surface area contributed by atoms with Crippen molar-refractivity contribution in [3.8, 4) is 0 Å². The highest BCUT2D eigenvalue weighted by Crippen LogP contribution is 2.19. The van der Waals surface area contributed by atoms with Gasteiger partial charge < -0.3 is 11.1 Å². The van der Waals surface area contributed by atoms with E-state index in [1.54, 1.807) is 0 Å². The van der Waals surface area contributed by atoms with Crippen LogP contribution in [0.3, 0.4) is 0 Å². The average molecular weight is 259 g/mol. The maximum Gasteiger partial charge on any atom is 0.241 e. The van der Waals surface area contributed by atoms with E-state index < -0.39 is 17.8 Å². The molecule has 0 aliphatic rings. The fraction of sp³-hybridized carbons (Fsp3) is 0.417. The molecule has 1 rings (SSSR count). The molecule has 0 heterocycles. The molecule has 0 saturated carbocycles. The molecule has 0 bridgehead atoms. The number of nitrogens with two attached hydrogens (primary N) is 1. The molecule has 3 nitrogen and oxygen atoms in total. The zero-order valence-electron chi connectivity index (χ0n) is 9.84. The Morgan fingerprint density at radius 1 is 1.53 bits per heavy atom. The van der Waals surface area contributed by atoms with Crippen molar-refractivity contribution < 1.29 is 9.18 Å². The van der Waals surface area contributed by atoms with E-state index in [0.29, 0.717) is 17.4 Å². The van der Waals surface area contributed by atoms with Crippen molar-refractivity contribution >= 4 is 23.2 Å². The Bertz CT molecular complexity index is 409. The molecule has 3 N–H and O–H groups in total. The van der Waals surface area contributed by atoms with Crippen LogP contribution in [0.2, 0.25) is 5.02 Å². The lowest BCUT2D eigenvalue weighted by Crippen LogP contribution is -2.36. The van der Waals surface area contributed by atoms with E-state index >= 15 is 0 Å². The van der Waals surface area contributed by atoms with E-state index in [9.17, 15) is 9.18 Å². The molecule has 17 heavy (non-hydrogen) atoms. The monoisotopic (exact) mass is 258 g/mol. The predicted octanol–water partition coefficient (Wildman–Crippen LogP) is 2.79. The second kappa shape index (κ2) is 5.98. The van der Waals surface area contributed by atoms with Gasteiger partial charge in [0, 0.05) is 5.02 Å². The van der Waals surface area contributed by atoms with E-state index in [1.165, 1.54) is 18.2 Å². The summed E-state index contributed by atoms with van der Waals surface area (Å²) < 4.78 is 13.3. The normalized spacial score (nSPS) is 12.6. The smallest absolute Gasteiger partial charge is 0.241 e. The number of nitrogens with one attached hydrogen (secondary N) is 1. The Balaban J connectivity index is 2.70. The second-order valence-electron chi connectivity index (χ2n) is 4.35. The van der Waals surface area contributed by atoms with E-state index in [1.807, 2.05) is 13.8 Å². The zero-order chi connectivity index (χ0) is 13.0. The van der Waals surface area contributed by atoms with Gasteiger partial charge in [-0.05, 0) is 30.5 Å². The summed E-state index contributed by atoms with van der Waals surface area (Å²) in [4.78, 5) is 11.7. The summed E-state index contributed by atoms with van der Waals surface area (Å²) in [5.74, 6) is -0.626. The van der Waals surface area contributed by atoms with E-state index in [0.717, 1.165) is 0 Å². The molecule has 1 aromatic rings. The maximum absolute atomic E-state index is 13.3. The highest BCUT2D eigenvalue weighted by molar-refractivity contribution is 6.30. The van der Waals surface area contributed by atoms with Crippen LogP contribution in [-0.4, -0.2) is 11.9 Å². The third-order valence-corrected chi connectivity index (χ3v) is 2.48. The van der Waals surface area contributed by atoms with Crippen molar-refractivity contribution in [3.63, 3.8) is 0 Å². The molecule has 1 amide bonds. The molecule has 1 atom stereocenters. The fourth-order valence-electron chi connectivity index (χ4n) is 1.43. The number of amides is 1. The van der Waals surface area contributed by atoms with Crippen molar-refractivity contribution in [2.24, 2.45) is 11.7 Å². The Kier molecular flexibility index (Phi) is 4.90. The van der Waals surface area contributed by atoms with Crippen molar-refractivity contribution in [1.29, 1.82) is 0 Å². The highest BCUT2D eigenvalue weighted by atomic mass is 35.5. The molecular weight excluding hydrogens is 243 g/mol. The minimum atomic E-state index is -0.645. The average Bonchev–Trinajstić information content (AvgIpc) is 2.22. The molecule has 1 aromatic carbocycles. The van der Waals surface area contributed by atoms with Gasteiger partial charge in [-0.2, -0.15) is 0 Å². The third-order valence-electron chi connectivity index (χ3n) is 2.25. The number of hydrogen-bond donors (Lipinski definition) is 2. The lowest BCUT2D eigenvalue weighted by Gasteiger charge is -2.14. The van der Waals surface area contributed by atoms with Crippen LogP contribution in [-0.2, 0) is 4.79 Å². The van der Waals surface area contributed by atoms with Gasteiger partial charge in [0.25, 0.3) is 0 Å². The van der Waals surface area contributed by atoms with Gasteiger partial charge in [-0.25, -0.2) is 4.39 Å². The summed E-state index contributed by atoms with van der Waals surface area (Å²) in [7, 11) is 0. The van der Waals surface area contributed by atoms with Crippen LogP contribution in [0.15, 0.2) is 18.2 Å². The second-order valence-corrected chi connectivity index (χ2v) is 4.79. The maximum atomic E-state index is 13.3. The van der Waals surface area contributed by atoms with Crippen molar-refractivity contribution in [2.45, 2.75) is 26.3 Å². The van der Waals surface area contributed by atoms with Crippen LogP contribution < -0.4 is 11.1 Å². The Labute approximate surface area is 105 Å². The Morgan fingerprint density at radius 2 is 2.18 bits per heavy atom. The van der Waals surface area contributed by atoms with Gasteiger partial charge in [-0.1, -0.05) is 25.4 Å². The summed E-state index contributed by atoms with van der Waals surface area (Å²) in [5, 5.41) is 2.79. The summed E-state index contributed by atoms with van der Waals surface area (Å²) in [6.07, 6.45) is 0.550. The van der Waals surface area contributed by atoms with Crippen molar-refractivity contribution in [1.82, 2.24) is 0 Å². The lowest BCUT2D eigenvalue weighted by atomic mass is 10.0. The zero-order valence-corrected chi connectivity index (χ0v) is 10.6. The van der Waals surface area contributed by atoms with E-state index in [2.05, 4.69) is 5.32 Å². The van der Waals surface area contributed by atoms with Crippen LogP contribution in [0.1, 0.15) is 20.3 Å². The summed E-state index contributed by atoms with van der Waals surface area (Å²) in [6, 6.07) is 3.33. The predicted molar refractivity (Wildman–Crippen MR) is 67.5 cm³/mol. The lowest BCUT2D eigenvalue weighted by molar-refractivity contribution is -0.117. The van der Waals surface area contributed by atoms with Crippen LogP contribution in [0.5, 0.6) is 0 Å². The fourth-order valence-corrected chi connectivity index (χ4v) is 1.61. The molecular formula is C12H16ClFN2O. The molecule has 94 valence electrons. The molecule has 0 aliphatic carbocycles. The highest BCUT2D eigenvalue weighted by Gasteiger charge is 2.16. The molecule has 0 saturated heterocycles. The molecule has 0 fully saturated rings. The SMILES string of the molecule is CC(C)CC(N)C(=O)Nc1cc(Cl)ccc1F. The van der Waals surface area contributed by atoms with E-state index in [4.69, 9.17) is 17.3 Å². The minimum absolute atomic E-state index is 0.0571. The third kappa shape index (κ3) is 4.32. The largest absolute Gasteiger partial charge is 0.322 e. The molecule has 5 heteroatoms. The van der Waals surface area contributed by atoms with Gasteiger partial charge in [0.1, 0.15) is 5.82 Å². The Hall–Kier alpha value is -1.13. The van der Waals surface area contributed by atoms with Gasteiger partial charge in [0.15, 0.2) is 0 Å². The van der Waals surface area contributed by atoms with Crippen LogP contribution in [0, 0.1) is 11.7 Å². The van der Waals surface area contributed by atoms with Crippen molar-refractivity contribution in [3.05, 3.63) is 29.0 Å². The number of carbonyl (C=O) groups excluding carboxylic acids is 1. The first-order valence-corrected chi connectivity index (χ1v) is 5.79. The van der Waals surface area contributed by atoms with Crippen LogP contribution in [0.4, 0.5) is 10.1 Å². The quantitative estimate of drug-likeness (QED) is 0.873. The van der Waals surface area contributed by atoms with Gasteiger partial charge in [0.2, 0.25) is 5.91 Å². The van der Waals surface area contributed by atoms with E-state index in [-0.39, 0.29) is 5.69 Å². The number of carbonyl (C=O) groups is 1. The molecule has 0 spiro atoms. The molecule has 1 unspecified atom stereocenters. The van der Waals surface area contributed by atoms with Crippen LogP contribution >= 0.6 is 11.6 Å². The number of rotatable bonds is 4. The molecule has 0 radical (unpaired) electrons. The van der Waals surface area contributed by atoms with Crippen molar-refractivity contribution in [2.75, 3.05) is 5.32 Å². The first-order valence-electron chi connectivity index (χ1n) is 5.41. The molecule has 0 aliphatic heterocycles. The summed E-state index contributed by atoms with van der Waals surface area (Å²) in [6.45, 7) is 3.93.